The molecule has 1 rings (SSSR count). The van der Waals surface area contributed by atoms with Crippen molar-refractivity contribution < 1.29 is 26.3 Å². The summed E-state index contributed by atoms with van der Waals surface area (Å²) in [5.41, 5.74) is -5.30. The molecule has 0 saturated carbocycles. The minimum atomic E-state index is -5.37. The van der Waals surface area contributed by atoms with Crippen molar-refractivity contribution in [1.82, 2.24) is 0 Å². The summed E-state index contributed by atoms with van der Waals surface area (Å²) >= 11 is 5.85. The van der Waals surface area contributed by atoms with E-state index in [1.54, 1.807) is 0 Å². The number of alkyl halides is 4. The van der Waals surface area contributed by atoms with Crippen molar-refractivity contribution in [2.45, 2.75) is 22.2 Å². The molecule has 19 heavy (non-hydrogen) atoms. The van der Waals surface area contributed by atoms with E-state index in [9.17, 15) is 21.6 Å². The molecule has 0 fully saturated rings. The van der Waals surface area contributed by atoms with Gasteiger partial charge in [-0.25, -0.2) is 8.42 Å². The molecule has 1 aromatic rings. The van der Waals surface area contributed by atoms with Gasteiger partial charge < -0.3 is 4.74 Å². The molecule has 1 aromatic carbocycles. The van der Waals surface area contributed by atoms with E-state index in [1.165, 1.54) is 25.3 Å². The average Bonchev–Trinajstić information content (AvgIpc) is 2.28. The van der Waals surface area contributed by atoms with Crippen LogP contribution in [0.5, 0.6) is 0 Å². The van der Waals surface area contributed by atoms with E-state index < -0.39 is 25.6 Å². The maximum atomic E-state index is 12.5. The molecule has 1 unspecified atom stereocenters. The quantitative estimate of drug-likeness (QED) is 0.785. The second-order valence-corrected chi connectivity index (χ2v) is 6.34. The predicted molar refractivity (Wildman–Crippen MR) is 64.9 cm³/mol. The molecule has 0 saturated heterocycles. The van der Waals surface area contributed by atoms with Crippen molar-refractivity contribution in [2.75, 3.05) is 13.7 Å². The summed E-state index contributed by atoms with van der Waals surface area (Å²) in [6.45, 7) is 0.113. The summed E-state index contributed by atoms with van der Waals surface area (Å²) in [6, 6.07) is 4.93. The molecule has 0 radical (unpaired) electrons. The highest BCUT2D eigenvalue weighted by atomic mass is 35.5. The van der Waals surface area contributed by atoms with Crippen LogP contribution in [0, 0.1) is 0 Å². The Hall–Kier alpha value is -0.790. The van der Waals surface area contributed by atoms with E-state index in [4.69, 9.17) is 16.3 Å². The molecule has 0 N–H and O–H groups in total. The number of benzene rings is 1. The van der Waals surface area contributed by atoms with Gasteiger partial charge in [-0.15, -0.1) is 11.6 Å². The van der Waals surface area contributed by atoms with Crippen molar-refractivity contribution in [3.63, 3.8) is 0 Å². The lowest BCUT2D eigenvalue weighted by molar-refractivity contribution is -0.0436. The Bertz CT molecular complexity index is 528. The number of hydrogen-bond acceptors (Lipinski definition) is 3. The first-order chi connectivity index (χ1) is 8.70. The van der Waals surface area contributed by atoms with Gasteiger partial charge in [-0.1, -0.05) is 18.2 Å². The van der Waals surface area contributed by atoms with Gasteiger partial charge in [0.1, 0.15) is 0 Å². The average molecular weight is 317 g/mol. The van der Waals surface area contributed by atoms with Crippen molar-refractivity contribution in [3.05, 3.63) is 29.8 Å². The fourth-order valence-electron chi connectivity index (χ4n) is 1.54. The third-order valence-electron chi connectivity index (χ3n) is 2.36. The third kappa shape index (κ3) is 3.84. The van der Waals surface area contributed by atoms with Gasteiger partial charge in [0.2, 0.25) is 0 Å². The molecule has 0 aliphatic rings. The van der Waals surface area contributed by atoms with Crippen molar-refractivity contribution in [2.24, 2.45) is 0 Å². The molecule has 0 aliphatic heterocycles. The highest BCUT2D eigenvalue weighted by Gasteiger charge is 2.47. The van der Waals surface area contributed by atoms with Gasteiger partial charge in [0.15, 0.2) is 0 Å². The van der Waals surface area contributed by atoms with E-state index >= 15 is 0 Å². The molecule has 1 atom stereocenters. The van der Waals surface area contributed by atoms with E-state index in [2.05, 4.69) is 0 Å². The second-order valence-electron chi connectivity index (χ2n) is 3.81. The van der Waals surface area contributed by atoms with Crippen molar-refractivity contribution in [1.29, 1.82) is 0 Å². The van der Waals surface area contributed by atoms with E-state index in [0.717, 1.165) is 6.07 Å². The summed E-state index contributed by atoms with van der Waals surface area (Å²) in [6.07, 6.45) is -0.0269. The second kappa shape index (κ2) is 6.11. The van der Waals surface area contributed by atoms with Crippen LogP contribution in [0.25, 0.3) is 0 Å². The summed E-state index contributed by atoms with van der Waals surface area (Å²) < 4.78 is 65.2. The molecule has 0 aromatic heterocycles. The minimum Gasteiger partial charge on any atom is -0.383 e. The largest absolute Gasteiger partial charge is 0.501 e. The van der Waals surface area contributed by atoms with Crippen LogP contribution in [0.4, 0.5) is 13.2 Å². The maximum absolute atomic E-state index is 12.5. The fraction of sp³-hybridized carbons (Fsp3) is 0.455. The van der Waals surface area contributed by atoms with Gasteiger partial charge in [0, 0.05) is 7.11 Å². The molecule has 0 spiro atoms. The fourth-order valence-corrected chi connectivity index (χ4v) is 2.83. The van der Waals surface area contributed by atoms with Gasteiger partial charge in [0.25, 0.3) is 9.84 Å². The topological polar surface area (TPSA) is 43.4 Å². The first-order valence-electron chi connectivity index (χ1n) is 5.22. The monoisotopic (exact) mass is 316 g/mol. The van der Waals surface area contributed by atoms with Crippen LogP contribution < -0.4 is 0 Å². The van der Waals surface area contributed by atoms with Gasteiger partial charge in [-0.3, -0.25) is 0 Å². The number of methoxy groups -OCH3 is 1. The van der Waals surface area contributed by atoms with Crippen LogP contribution >= 0.6 is 11.6 Å². The third-order valence-corrected chi connectivity index (χ3v) is 4.22. The standard InChI is InChI=1S/C11H12ClF3O3S/c1-18-7-9(12)6-8-4-2-3-5-10(8)19(16,17)11(13,14)15/h2-5,9H,6-7H2,1H3. The van der Waals surface area contributed by atoms with Crippen molar-refractivity contribution in [3.8, 4) is 0 Å². The van der Waals surface area contributed by atoms with Crippen LogP contribution in [-0.2, 0) is 21.0 Å². The number of ether oxygens (including phenoxy) is 1. The molecule has 0 aliphatic carbocycles. The smallest absolute Gasteiger partial charge is 0.383 e. The van der Waals surface area contributed by atoms with E-state index in [0.29, 0.717) is 0 Å². The molecule has 108 valence electrons. The SMILES string of the molecule is COCC(Cl)Cc1ccccc1S(=O)(=O)C(F)(F)F. The summed E-state index contributed by atoms with van der Waals surface area (Å²) in [5, 5.41) is -0.602. The molecule has 8 heteroatoms. The maximum Gasteiger partial charge on any atom is 0.501 e. The lowest BCUT2D eigenvalue weighted by Gasteiger charge is -2.14. The number of hydrogen-bond donors (Lipinski definition) is 0. The first-order valence-corrected chi connectivity index (χ1v) is 7.14. The molecular formula is C11H12ClF3O3S. The Morgan fingerprint density at radius 1 is 1.32 bits per heavy atom. The number of halogens is 4. The Kier molecular flexibility index (Phi) is 5.23. The van der Waals surface area contributed by atoms with Crippen molar-refractivity contribution >= 4 is 21.4 Å². The van der Waals surface area contributed by atoms with Crippen LogP contribution in [0.2, 0.25) is 0 Å². The number of rotatable bonds is 5. The minimum absolute atomic E-state index is 0.0249. The molecule has 0 bridgehead atoms. The molecular weight excluding hydrogens is 305 g/mol. The lowest BCUT2D eigenvalue weighted by Crippen LogP contribution is -2.25. The molecule has 0 amide bonds. The normalized spacial score (nSPS) is 14.4. The van der Waals surface area contributed by atoms with Gasteiger partial charge in [-0.2, -0.15) is 13.2 Å². The summed E-state index contributed by atoms with van der Waals surface area (Å²) in [4.78, 5) is -0.760. The zero-order chi connectivity index (χ0) is 14.7. The van der Waals surface area contributed by atoms with Crippen LogP contribution in [0.3, 0.4) is 0 Å². The van der Waals surface area contributed by atoms with Gasteiger partial charge >= 0.3 is 5.51 Å². The zero-order valence-corrected chi connectivity index (χ0v) is 11.5. The highest BCUT2D eigenvalue weighted by molar-refractivity contribution is 7.92. The Morgan fingerprint density at radius 3 is 2.42 bits per heavy atom. The lowest BCUT2D eigenvalue weighted by atomic mass is 10.1. The molecule has 3 nitrogen and oxygen atoms in total. The Labute approximate surface area is 114 Å². The first kappa shape index (κ1) is 16.3. The highest BCUT2D eigenvalue weighted by Crippen LogP contribution is 2.32. The number of sulfone groups is 1. The summed E-state index contributed by atoms with van der Waals surface area (Å²) in [5.74, 6) is 0. The van der Waals surface area contributed by atoms with Gasteiger partial charge in [0.05, 0.1) is 16.9 Å². The van der Waals surface area contributed by atoms with Crippen LogP contribution in [0.15, 0.2) is 29.2 Å². The van der Waals surface area contributed by atoms with Crippen LogP contribution in [-0.4, -0.2) is 33.0 Å². The molecule has 0 heterocycles. The van der Waals surface area contributed by atoms with E-state index in [1.807, 2.05) is 0 Å². The summed E-state index contributed by atoms with van der Waals surface area (Å²) in [7, 11) is -3.97. The Balaban J connectivity index is 3.17. The van der Waals surface area contributed by atoms with Gasteiger partial charge in [-0.05, 0) is 18.1 Å². The Morgan fingerprint density at radius 2 is 1.89 bits per heavy atom. The zero-order valence-electron chi connectivity index (χ0n) is 9.95. The van der Waals surface area contributed by atoms with E-state index in [-0.39, 0.29) is 18.6 Å². The van der Waals surface area contributed by atoms with Crippen LogP contribution in [0.1, 0.15) is 5.56 Å². The predicted octanol–water partition coefficient (Wildman–Crippen LogP) is 2.78.